The molecule has 0 aromatic heterocycles. The second-order valence-corrected chi connectivity index (χ2v) is 9.53. The molecule has 2 amide bonds. The molecular formula is C27H31N3O5. The molecule has 0 saturated carbocycles. The molecule has 8 heteroatoms. The van der Waals surface area contributed by atoms with Crippen LogP contribution >= 0.6 is 0 Å². The largest absolute Gasteiger partial charge is 0.465 e. The third-order valence-corrected chi connectivity index (χ3v) is 5.30. The van der Waals surface area contributed by atoms with Crippen LogP contribution in [0.3, 0.4) is 0 Å². The number of rotatable bonds is 6. The summed E-state index contributed by atoms with van der Waals surface area (Å²) in [6.07, 6.45) is -0.526. The van der Waals surface area contributed by atoms with Gasteiger partial charge in [-0.3, -0.25) is 9.69 Å². The van der Waals surface area contributed by atoms with Crippen molar-refractivity contribution in [2.24, 2.45) is 4.99 Å². The number of carbonyl (C=O) groups is 3. The van der Waals surface area contributed by atoms with Crippen molar-refractivity contribution in [2.75, 3.05) is 7.11 Å². The first kappa shape index (κ1) is 25.7. The third kappa shape index (κ3) is 5.95. The maximum absolute atomic E-state index is 14.0. The molecule has 0 spiro atoms. The highest BCUT2D eigenvalue weighted by Crippen LogP contribution is 2.35. The quantitative estimate of drug-likeness (QED) is 0.484. The summed E-state index contributed by atoms with van der Waals surface area (Å²) < 4.78 is 10.2. The Bertz CT molecular complexity index is 1170. The molecular weight excluding hydrogens is 446 g/mol. The molecule has 1 N–H and O–H groups in total. The minimum absolute atomic E-state index is 0.0674. The van der Waals surface area contributed by atoms with E-state index in [4.69, 9.17) is 9.47 Å². The fourth-order valence-corrected chi connectivity index (χ4v) is 3.93. The zero-order valence-corrected chi connectivity index (χ0v) is 20.8. The molecule has 1 aliphatic heterocycles. The molecule has 0 radical (unpaired) electrons. The van der Waals surface area contributed by atoms with Gasteiger partial charge in [0.15, 0.2) is 0 Å². The zero-order chi connectivity index (χ0) is 25.8. The van der Waals surface area contributed by atoms with E-state index in [1.165, 1.54) is 12.0 Å². The van der Waals surface area contributed by atoms with Gasteiger partial charge in [-0.15, -0.1) is 11.6 Å². The molecule has 2 aromatic carbocycles. The summed E-state index contributed by atoms with van der Waals surface area (Å²) in [6, 6.07) is 16.0. The smallest absolute Gasteiger partial charge is 0.437 e. The van der Waals surface area contributed by atoms with Crippen molar-refractivity contribution < 1.29 is 23.9 Å². The highest BCUT2D eigenvalue weighted by atomic mass is 16.6. The average molecular weight is 478 g/mol. The number of guanidine groups is 1. The molecule has 3 rings (SSSR count). The van der Waals surface area contributed by atoms with Crippen LogP contribution in [0, 0.1) is 0 Å². The number of aliphatic imine (C=N–C) groups is 1. The topological polar surface area (TPSA) is 97.3 Å². The molecule has 35 heavy (non-hydrogen) atoms. The second-order valence-electron chi connectivity index (χ2n) is 9.53. The summed E-state index contributed by atoms with van der Waals surface area (Å²) in [4.78, 5) is 44.2. The van der Waals surface area contributed by atoms with E-state index in [2.05, 4.69) is 16.9 Å². The number of ether oxygens (including phenoxy) is 2. The van der Waals surface area contributed by atoms with Crippen molar-refractivity contribution in [3.63, 3.8) is 0 Å². The summed E-state index contributed by atoms with van der Waals surface area (Å²) >= 11 is 0. The molecule has 2 aromatic rings. The third-order valence-electron chi connectivity index (χ3n) is 5.30. The van der Waals surface area contributed by atoms with Gasteiger partial charge in [-0.25, -0.2) is 9.59 Å². The second kappa shape index (κ2) is 10.1. The predicted molar refractivity (Wildman–Crippen MR) is 133 cm³/mol. The molecule has 1 aliphatic rings. The minimum Gasteiger partial charge on any atom is -0.465 e. The van der Waals surface area contributed by atoms with E-state index in [0.717, 1.165) is 11.1 Å². The van der Waals surface area contributed by atoms with Gasteiger partial charge in [-0.1, -0.05) is 48.0 Å². The van der Waals surface area contributed by atoms with Gasteiger partial charge in [0.2, 0.25) is 5.96 Å². The number of hydrogen-bond donors (Lipinski definition) is 1. The van der Waals surface area contributed by atoms with E-state index < -0.39 is 23.2 Å². The monoisotopic (exact) mass is 477 g/mol. The molecule has 0 bridgehead atoms. The van der Waals surface area contributed by atoms with Crippen LogP contribution in [0.2, 0.25) is 0 Å². The number of amides is 2. The number of nitrogens with zero attached hydrogens (tertiary/aromatic N) is 2. The lowest BCUT2D eigenvalue weighted by molar-refractivity contribution is -0.131. The Morgan fingerprint density at radius 3 is 2.40 bits per heavy atom. The lowest BCUT2D eigenvalue weighted by Crippen LogP contribution is -2.44. The first-order valence-electron chi connectivity index (χ1n) is 11.2. The Morgan fingerprint density at radius 1 is 1.11 bits per heavy atom. The Morgan fingerprint density at radius 2 is 1.80 bits per heavy atom. The van der Waals surface area contributed by atoms with E-state index in [-0.39, 0.29) is 18.4 Å². The van der Waals surface area contributed by atoms with Gasteiger partial charge in [0, 0.05) is 6.42 Å². The van der Waals surface area contributed by atoms with Gasteiger partial charge in [0.05, 0.1) is 19.2 Å². The van der Waals surface area contributed by atoms with Gasteiger partial charge in [-0.2, -0.15) is 0 Å². The maximum Gasteiger partial charge on any atom is 0.437 e. The van der Waals surface area contributed by atoms with Crippen LogP contribution in [-0.2, 0) is 26.4 Å². The van der Waals surface area contributed by atoms with Gasteiger partial charge < -0.3 is 14.8 Å². The number of esters is 1. The fourth-order valence-electron chi connectivity index (χ4n) is 3.93. The summed E-state index contributed by atoms with van der Waals surface area (Å²) in [6.45, 7) is 11.1. The zero-order valence-electron chi connectivity index (χ0n) is 20.8. The Kier molecular flexibility index (Phi) is 7.43. The standard InChI is InChI=1S/C27H31N3O5/c1-18(2)16-27(21-13-8-7-9-14-21)23(32)30(24(29-27)28-25(33)35-26(3,4)5)17-19-11-10-12-20(15-19)22(31)34-6/h7-15H,1,16-17H2,2-6H3,(H,28,29,33)/t27-/m0/s1. The minimum atomic E-state index is -1.20. The number of hydrogen-bond acceptors (Lipinski definition) is 5. The molecule has 0 unspecified atom stereocenters. The lowest BCUT2D eigenvalue weighted by Gasteiger charge is -2.28. The molecule has 184 valence electrons. The maximum atomic E-state index is 14.0. The number of methoxy groups -OCH3 is 1. The Balaban J connectivity index is 2.09. The molecule has 1 fully saturated rings. The van der Waals surface area contributed by atoms with Crippen molar-refractivity contribution in [1.82, 2.24) is 10.2 Å². The van der Waals surface area contributed by atoms with Gasteiger partial charge >= 0.3 is 12.1 Å². The molecule has 1 heterocycles. The van der Waals surface area contributed by atoms with Crippen molar-refractivity contribution in [2.45, 2.75) is 51.8 Å². The van der Waals surface area contributed by atoms with Gasteiger partial charge in [-0.05, 0) is 51.0 Å². The average Bonchev–Trinajstić information content (AvgIpc) is 3.03. The van der Waals surface area contributed by atoms with Crippen LogP contribution in [0.25, 0.3) is 0 Å². The summed E-state index contributed by atoms with van der Waals surface area (Å²) in [5, 5.41) is 3.21. The van der Waals surface area contributed by atoms with Crippen LogP contribution in [-0.4, -0.2) is 41.5 Å². The van der Waals surface area contributed by atoms with Crippen LogP contribution in [0.1, 0.15) is 55.6 Å². The molecule has 1 atom stereocenters. The highest BCUT2D eigenvalue weighted by Gasteiger charge is 2.51. The van der Waals surface area contributed by atoms with Crippen molar-refractivity contribution in [1.29, 1.82) is 0 Å². The van der Waals surface area contributed by atoms with Gasteiger partial charge in [0.1, 0.15) is 11.1 Å². The highest BCUT2D eigenvalue weighted by molar-refractivity contribution is 6.11. The molecule has 0 aliphatic carbocycles. The lowest BCUT2D eigenvalue weighted by atomic mass is 9.84. The Hall–Kier alpha value is -3.94. The normalized spacial score (nSPS) is 18.8. The van der Waals surface area contributed by atoms with Crippen LogP contribution < -0.4 is 5.32 Å². The summed E-state index contributed by atoms with van der Waals surface area (Å²) in [5.41, 5.74) is 0.563. The van der Waals surface area contributed by atoms with Crippen LogP contribution in [0.15, 0.2) is 71.7 Å². The molecule has 8 nitrogen and oxygen atoms in total. The van der Waals surface area contributed by atoms with E-state index in [1.54, 1.807) is 45.0 Å². The number of benzene rings is 2. The SMILES string of the molecule is C=C(C)C[C@@]1(c2ccccc2)NC(=NC(=O)OC(C)(C)C)N(Cc2cccc(C(=O)OC)c2)C1=O. The predicted octanol–water partition coefficient (Wildman–Crippen LogP) is 4.56. The molecule has 1 saturated heterocycles. The summed E-state index contributed by atoms with van der Waals surface area (Å²) in [5.74, 6) is -0.711. The van der Waals surface area contributed by atoms with E-state index in [9.17, 15) is 14.4 Å². The first-order valence-corrected chi connectivity index (χ1v) is 11.2. The van der Waals surface area contributed by atoms with Crippen LogP contribution in [0.5, 0.6) is 0 Å². The van der Waals surface area contributed by atoms with Crippen molar-refractivity contribution in [3.05, 3.63) is 83.4 Å². The van der Waals surface area contributed by atoms with E-state index in [1.807, 2.05) is 37.3 Å². The fraction of sp³-hybridized carbons (Fsp3) is 0.333. The summed E-state index contributed by atoms with van der Waals surface area (Å²) in [7, 11) is 1.31. The van der Waals surface area contributed by atoms with E-state index >= 15 is 0 Å². The number of nitrogens with one attached hydrogen (secondary N) is 1. The van der Waals surface area contributed by atoms with Gasteiger partial charge in [0.25, 0.3) is 5.91 Å². The number of carbonyl (C=O) groups excluding carboxylic acids is 3. The van der Waals surface area contributed by atoms with Crippen molar-refractivity contribution in [3.8, 4) is 0 Å². The van der Waals surface area contributed by atoms with Crippen LogP contribution in [0.4, 0.5) is 4.79 Å². The van der Waals surface area contributed by atoms with E-state index in [0.29, 0.717) is 17.5 Å². The first-order chi connectivity index (χ1) is 16.4. The van der Waals surface area contributed by atoms with Crippen molar-refractivity contribution >= 4 is 23.9 Å². The Labute approximate surface area is 205 Å².